The zero-order valence-corrected chi connectivity index (χ0v) is 12.1. The molecule has 3 nitrogen and oxygen atoms in total. The Labute approximate surface area is 106 Å². The molecule has 1 rings (SSSR count). The first-order valence-electron chi connectivity index (χ1n) is 6.77. The summed E-state index contributed by atoms with van der Waals surface area (Å²) < 4.78 is 0. The number of amides is 1. The number of nitrogens with zero attached hydrogens (tertiary/aromatic N) is 2. The number of carbonyl (C=O) groups excluding carboxylic acids is 1. The Morgan fingerprint density at radius 3 is 2.59 bits per heavy atom. The Balaban J connectivity index is 0.00000121. The summed E-state index contributed by atoms with van der Waals surface area (Å²) in [4.78, 5) is 15.9. The molecule has 1 atom stereocenters. The largest absolute Gasteiger partial charge is 0.336 e. The van der Waals surface area contributed by atoms with Crippen LogP contribution < -0.4 is 0 Å². The van der Waals surface area contributed by atoms with Crippen molar-refractivity contribution in [2.75, 3.05) is 27.2 Å². The number of carbonyl (C=O) groups is 1. The summed E-state index contributed by atoms with van der Waals surface area (Å²) in [6.45, 7) is 7.92. The number of hydrogen-bond acceptors (Lipinski definition) is 2. The van der Waals surface area contributed by atoms with Crippen molar-refractivity contribution in [3.8, 4) is 0 Å². The molecular weight excluding hydrogens is 212 g/mol. The molecule has 0 saturated carbocycles. The smallest absolute Gasteiger partial charge is 0.246 e. The third kappa shape index (κ3) is 5.87. The lowest BCUT2D eigenvalue weighted by atomic mass is 10.2. The third-order valence-electron chi connectivity index (χ3n) is 2.86. The van der Waals surface area contributed by atoms with Crippen LogP contribution in [-0.4, -0.2) is 48.9 Å². The van der Waals surface area contributed by atoms with Gasteiger partial charge in [-0.15, -0.1) is 0 Å². The standard InChI is InChI=1S/C12H22N2O.C2H6/c1-4-11-7-5-10-14(11)12(15)8-6-9-13(2)3;1-2/h6,8,11H,4-5,7,9-10H2,1-3H3;1-2H3/b8-6+;/t11-;/m0./s1. The molecule has 0 radical (unpaired) electrons. The van der Waals surface area contributed by atoms with Crippen LogP contribution in [0.2, 0.25) is 0 Å². The molecule has 0 bridgehead atoms. The summed E-state index contributed by atoms with van der Waals surface area (Å²) in [6.07, 6.45) is 7.06. The quantitative estimate of drug-likeness (QED) is 0.705. The summed E-state index contributed by atoms with van der Waals surface area (Å²) in [7, 11) is 4.00. The van der Waals surface area contributed by atoms with Crippen molar-refractivity contribution in [2.24, 2.45) is 0 Å². The highest BCUT2D eigenvalue weighted by atomic mass is 16.2. The monoisotopic (exact) mass is 240 g/mol. The Morgan fingerprint density at radius 1 is 1.41 bits per heavy atom. The van der Waals surface area contributed by atoms with Crippen molar-refractivity contribution in [1.29, 1.82) is 0 Å². The van der Waals surface area contributed by atoms with Crippen LogP contribution in [0.15, 0.2) is 12.2 Å². The second-order valence-electron chi connectivity index (χ2n) is 4.40. The lowest BCUT2D eigenvalue weighted by Crippen LogP contribution is -2.33. The topological polar surface area (TPSA) is 23.6 Å². The van der Waals surface area contributed by atoms with Gasteiger partial charge in [-0.2, -0.15) is 0 Å². The van der Waals surface area contributed by atoms with Crippen molar-refractivity contribution in [1.82, 2.24) is 9.80 Å². The highest BCUT2D eigenvalue weighted by Gasteiger charge is 2.25. The second-order valence-corrected chi connectivity index (χ2v) is 4.40. The molecule has 0 unspecified atom stereocenters. The number of hydrogen-bond donors (Lipinski definition) is 0. The average Bonchev–Trinajstić information content (AvgIpc) is 2.79. The van der Waals surface area contributed by atoms with Gasteiger partial charge in [-0.1, -0.05) is 26.8 Å². The molecule has 0 aromatic carbocycles. The van der Waals surface area contributed by atoms with E-state index >= 15 is 0 Å². The Bertz CT molecular complexity index is 236. The van der Waals surface area contributed by atoms with Crippen molar-refractivity contribution in [3.63, 3.8) is 0 Å². The molecule has 0 aliphatic carbocycles. The van der Waals surface area contributed by atoms with Crippen LogP contribution in [-0.2, 0) is 4.79 Å². The molecule has 1 aliphatic rings. The lowest BCUT2D eigenvalue weighted by molar-refractivity contribution is -0.126. The summed E-state index contributed by atoms with van der Waals surface area (Å²) in [6, 6.07) is 0.474. The zero-order valence-electron chi connectivity index (χ0n) is 12.1. The van der Waals surface area contributed by atoms with Crippen molar-refractivity contribution >= 4 is 5.91 Å². The van der Waals surface area contributed by atoms with E-state index in [1.165, 1.54) is 6.42 Å². The van der Waals surface area contributed by atoms with E-state index in [1.807, 2.05) is 43.8 Å². The van der Waals surface area contributed by atoms with Gasteiger partial charge in [0.05, 0.1) is 0 Å². The maximum Gasteiger partial charge on any atom is 0.246 e. The minimum absolute atomic E-state index is 0.182. The van der Waals surface area contributed by atoms with Crippen LogP contribution in [0.4, 0.5) is 0 Å². The van der Waals surface area contributed by atoms with E-state index in [9.17, 15) is 4.79 Å². The summed E-state index contributed by atoms with van der Waals surface area (Å²) in [5, 5.41) is 0. The predicted octanol–water partition coefficient (Wildman–Crippen LogP) is 2.53. The van der Waals surface area contributed by atoms with Gasteiger partial charge in [-0.25, -0.2) is 0 Å². The molecule has 1 aliphatic heterocycles. The van der Waals surface area contributed by atoms with Gasteiger partial charge in [-0.3, -0.25) is 4.79 Å². The zero-order chi connectivity index (χ0) is 13.3. The first-order valence-corrected chi connectivity index (χ1v) is 6.77. The number of likely N-dealkylation sites (tertiary alicyclic amines) is 1. The number of rotatable bonds is 4. The van der Waals surface area contributed by atoms with Gasteiger partial charge in [0.2, 0.25) is 5.91 Å². The second kappa shape index (κ2) is 9.23. The summed E-state index contributed by atoms with van der Waals surface area (Å²) >= 11 is 0. The van der Waals surface area contributed by atoms with E-state index in [4.69, 9.17) is 0 Å². The van der Waals surface area contributed by atoms with Gasteiger partial charge in [0, 0.05) is 25.2 Å². The summed E-state index contributed by atoms with van der Waals surface area (Å²) in [5.74, 6) is 0.182. The van der Waals surface area contributed by atoms with Gasteiger partial charge in [0.15, 0.2) is 0 Å². The molecule has 0 aromatic heterocycles. The highest BCUT2D eigenvalue weighted by Crippen LogP contribution is 2.19. The van der Waals surface area contributed by atoms with E-state index in [0.717, 1.165) is 25.9 Å². The molecule has 3 heteroatoms. The highest BCUT2D eigenvalue weighted by molar-refractivity contribution is 5.88. The first kappa shape index (κ1) is 16.2. The number of likely N-dealkylation sites (N-methyl/N-ethyl adjacent to an activating group) is 1. The minimum atomic E-state index is 0.182. The van der Waals surface area contributed by atoms with Crippen LogP contribution in [0.3, 0.4) is 0 Å². The van der Waals surface area contributed by atoms with E-state index in [1.54, 1.807) is 6.08 Å². The van der Waals surface area contributed by atoms with Crippen LogP contribution in [0.25, 0.3) is 0 Å². The van der Waals surface area contributed by atoms with Crippen LogP contribution in [0, 0.1) is 0 Å². The maximum absolute atomic E-state index is 11.8. The first-order chi connectivity index (χ1) is 8.15. The van der Waals surface area contributed by atoms with Crippen LogP contribution in [0.5, 0.6) is 0 Å². The van der Waals surface area contributed by atoms with Crippen LogP contribution >= 0.6 is 0 Å². The van der Waals surface area contributed by atoms with Crippen molar-refractivity contribution in [2.45, 2.75) is 46.1 Å². The fraction of sp³-hybridized carbons (Fsp3) is 0.786. The van der Waals surface area contributed by atoms with Crippen LogP contribution in [0.1, 0.15) is 40.0 Å². The van der Waals surface area contributed by atoms with E-state index in [-0.39, 0.29) is 5.91 Å². The van der Waals surface area contributed by atoms with E-state index in [0.29, 0.717) is 6.04 Å². The van der Waals surface area contributed by atoms with Gasteiger partial charge in [0.1, 0.15) is 0 Å². The predicted molar refractivity (Wildman–Crippen MR) is 74.1 cm³/mol. The fourth-order valence-electron chi connectivity index (χ4n) is 2.01. The molecule has 1 fully saturated rings. The Morgan fingerprint density at radius 2 is 2.06 bits per heavy atom. The lowest BCUT2D eigenvalue weighted by Gasteiger charge is -2.22. The summed E-state index contributed by atoms with van der Waals surface area (Å²) in [5.41, 5.74) is 0. The van der Waals surface area contributed by atoms with E-state index < -0.39 is 0 Å². The molecule has 100 valence electrons. The van der Waals surface area contributed by atoms with Crippen molar-refractivity contribution in [3.05, 3.63) is 12.2 Å². The molecule has 1 saturated heterocycles. The van der Waals surface area contributed by atoms with Gasteiger partial charge in [0.25, 0.3) is 0 Å². The molecular formula is C14H28N2O. The van der Waals surface area contributed by atoms with E-state index in [2.05, 4.69) is 6.92 Å². The average molecular weight is 240 g/mol. The van der Waals surface area contributed by atoms with Gasteiger partial charge < -0.3 is 9.80 Å². The molecule has 0 aromatic rings. The molecule has 0 N–H and O–H groups in total. The fourth-order valence-corrected chi connectivity index (χ4v) is 2.01. The normalized spacial score (nSPS) is 19.6. The minimum Gasteiger partial charge on any atom is -0.336 e. The van der Waals surface area contributed by atoms with Gasteiger partial charge in [-0.05, 0) is 33.4 Å². The molecule has 1 heterocycles. The Hall–Kier alpha value is -0.830. The molecule has 0 spiro atoms. The maximum atomic E-state index is 11.8. The molecule has 1 amide bonds. The Kier molecular flexibility index (Phi) is 8.78. The third-order valence-corrected chi connectivity index (χ3v) is 2.86. The SMILES string of the molecule is CC.CC[C@H]1CCCN1C(=O)/C=C/CN(C)C. The molecule has 17 heavy (non-hydrogen) atoms. The van der Waals surface area contributed by atoms with Crippen molar-refractivity contribution < 1.29 is 4.79 Å². The van der Waals surface area contributed by atoms with Gasteiger partial charge >= 0.3 is 0 Å².